The van der Waals surface area contributed by atoms with Crippen molar-refractivity contribution in [2.45, 2.75) is 0 Å². The molecule has 0 spiro atoms. The Morgan fingerprint density at radius 2 is 0.431 bits per heavy atom. The third-order valence-corrected chi connectivity index (χ3v) is 12.4. The van der Waals surface area contributed by atoms with Crippen molar-refractivity contribution >= 4 is 75.4 Å². The minimum Gasteiger partial charge on any atom is -0.0616 e. The molecule has 0 amide bonds. The summed E-state index contributed by atoms with van der Waals surface area (Å²) in [5, 5.41) is 17.6. The van der Waals surface area contributed by atoms with Gasteiger partial charge in [-0.15, -0.1) is 0 Å². The molecule has 12 aromatic carbocycles. The van der Waals surface area contributed by atoms with Crippen LogP contribution in [0.1, 0.15) is 0 Å². The van der Waals surface area contributed by atoms with Gasteiger partial charge < -0.3 is 0 Å². The molecule has 0 saturated carbocycles. The maximum Gasteiger partial charge on any atom is -0.00201 e. The predicted octanol–water partition coefficient (Wildman–Crippen LogP) is 16.4. The molecule has 0 aliphatic rings. The summed E-state index contributed by atoms with van der Waals surface area (Å²) in [7, 11) is 0. The topological polar surface area (TPSA) is 0 Å². The fourth-order valence-corrected chi connectivity index (χ4v) is 9.88. The van der Waals surface area contributed by atoms with Crippen LogP contribution in [-0.4, -0.2) is 0 Å². The van der Waals surface area contributed by atoms with Crippen LogP contribution in [0.2, 0.25) is 0 Å². The second-order valence-corrected chi connectivity index (χ2v) is 15.5. The molecule has 0 aliphatic carbocycles. The molecule has 0 radical (unpaired) electrons. The van der Waals surface area contributed by atoms with Crippen molar-refractivity contribution in [3.8, 4) is 44.5 Å². The lowest BCUT2D eigenvalue weighted by molar-refractivity contribution is 1.67. The van der Waals surface area contributed by atoms with Gasteiger partial charge in [-0.2, -0.15) is 0 Å². The first-order valence-corrected chi connectivity index (χ1v) is 20.2. The fourth-order valence-electron chi connectivity index (χ4n) is 9.88. The summed E-state index contributed by atoms with van der Waals surface area (Å²) in [5.41, 5.74) is 10.1. The van der Waals surface area contributed by atoms with E-state index in [0.717, 1.165) is 0 Å². The molecule has 0 unspecified atom stereocenters. The fraction of sp³-hybridized carbons (Fsp3) is 0. The van der Waals surface area contributed by atoms with E-state index in [1.54, 1.807) is 0 Å². The van der Waals surface area contributed by atoms with E-state index in [1.165, 1.54) is 120 Å². The van der Waals surface area contributed by atoms with Crippen molar-refractivity contribution in [3.63, 3.8) is 0 Å². The Hall–Kier alpha value is -7.54. The maximum atomic E-state index is 2.39. The quantitative estimate of drug-likeness (QED) is 0.158. The number of fused-ring (bicyclic) bond motifs is 7. The Balaban J connectivity index is 1.14. The maximum absolute atomic E-state index is 2.39. The lowest BCUT2D eigenvalue weighted by Crippen LogP contribution is -1.94. The van der Waals surface area contributed by atoms with Gasteiger partial charge in [-0.05, 0) is 132 Å². The van der Waals surface area contributed by atoms with Crippen molar-refractivity contribution in [1.82, 2.24) is 0 Å². The molecule has 12 aromatic rings. The Bertz CT molecular complexity index is 3270. The molecular weight excluding hydrogens is 697 g/mol. The van der Waals surface area contributed by atoms with Crippen LogP contribution in [0.15, 0.2) is 218 Å². The van der Waals surface area contributed by atoms with Gasteiger partial charge in [0, 0.05) is 0 Å². The average Bonchev–Trinajstić information content (AvgIpc) is 3.29. The first kappa shape index (κ1) is 32.7. The van der Waals surface area contributed by atoms with E-state index in [-0.39, 0.29) is 0 Å². The van der Waals surface area contributed by atoms with E-state index in [0.29, 0.717) is 0 Å². The number of hydrogen-bond acceptors (Lipinski definition) is 0. The molecule has 0 heteroatoms. The van der Waals surface area contributed by atoms with Crippen LogP contribution in [0.5, 0.6) is 0 Å². The largest absolute Gasteiger partial charge is 0.0616 e. The molecule has 0 N–H and O–H groups in total. The van der Waals surface area contributed by atoms with Crippen LogP contribution in [0, 0.1) is 0 Å². The molecular formula is C58H36. The van der Waals surface area contributed by atoms with Crippen molar-refractivity contribution in [3.05, 3.63) is 218 Å². The van der Waals surface area contributed by atoms with Gasteiger partial charge >= 0.3 is 0 Å². The smallest absolute Gasteiger partial charge is 0.00201 e. The zero-order chi connectivity index (χ0) is 38.2. The van der Waals surface area contributed by atoms with Crippen LogP contribution in [0.25, 0.3) is 120 Å². The summed E-state index contributed by atoms with van der Waals surface area (Å²) in [6.07, 6.45) is 0. The summed E-state index contributed by atoms with van der Waals surface area (Å²) in [5.74, 6) is 0. The van der Waals surface area contributed by atoms with Crippen molar-refractivity contribution in [2.75, 3.05) is 0 Å². The minimum absolute atomic E-state index is 1.24. The highest BCUT2D eigenvalue weighted by Crippen LogP contribution is 2.49. The van der Waals surface area contributed by atoms with Crippen molar-refractivity contribution < 1.29 is 0 Å². The van der Waals surface area contributed by atoms with Gasteiger partial charge in [-0.1, -0.05) is 206 Å². The Morgan fingerprint density at radius 1 is 0.172 bits per heavy atom. The second kappa shape index (κ2) is 13.0. The van der Waals surface area contributed by atoms with Gasteiger partial charge in [0.1, 0.15) is 0 Å². The van der Waals surface area contributed by atoms with Gasteiger partial charge in [0.15, 0.2) is 0 Å². The van der Waals surface area contributed by atoms with E-state index >= 15 is 0 Å². The molecule has 0 nitrogen and oxygen atoms in total. The highest BCUT2D eigenvalue weighted by Gasteiger charge is 2.22. The molecule has 0 bridgehead atoms. The highest BCUT2D eigenvalue weighted by atomic mass is 14.2. The summed E-state index contributed by atoms with van der Waals surface area (Å²) in [6.45, 7) is 0. The zero-order valence-corrected chi connectivity index (χ0v) is 31.8. The molecule has 0 heterocycles. The molecule has 0 saturated heterocycles. The molecule has 12 rings (SSSR count). The Morgan fingerprint density at radius 3 is 0.759 bits per heavy atom. The van der Waals surface area contributed by atoms with Crippen molar-refractivity contribution in [1.29, 1.82) is 0 Å². The predicted molar refractivity (Wildman–Crippen MR) is 251 cm³/mol. The summed E-state index contributed by atoms with van der Waals surface area (Å²) in [4.78, 5) is 0. The number of hydrogen-bond donors (Lipinski definition) is 0. The van der Waals surface area contributed by atoms with Crippen LogP contribution in [0.4, 0.5) is 0 Å². The average molecular weight is 733 g/mol. The number of rotatable bonds is 4. The van der Waals surface area contributed by atoms with Gasteiger partial charge in [-0.25, -0.2) is 0 Å². The van der Waals surface area contributed by atoms with E-state index in [4.69, 9.17) is 0 Å². The van der Waals surface area contributed by atoms with Crippen LogP contribution in [0.3, 0.4) is 0 Å². The zero-order valence-electron chi connectivity index (χ0n) is 31.8. The Kier molecular flexibility index (Phi) is 7.33. The Labute approximate surface area is 336 Å². The molecule has 0 fully saturated rings. The normalized spacial score (nSPS) is 11.8. The minimum atomic E-state index is 1.24. The molecule has 0 aliphatic heterocycles. The molecule has 0 aromatic heterocycles. The van der Waals surface area contributed by atoms with E-state index in [2.05, 4.69) is 218 Å². The first-order chi connectivity index (χ1) is 28.8. The highest BCUT2D eigenvalue weighted by molar-refractivity contribution is 6.27. The molecule has 0 atom stereocenters. The van der Waals surface area contributed by atoms with Gasteiger partial charge in [-0.3, -0.25) is 0 Å². The molecule has 58 heavy (non-hydrogen) atoms. The summed E-state index contributed by atoms with van der Waals surface area (Å²) < 4.78 is 0. The third-order valence-electron chi connectivity index (χ3n) is 12.4. The van der Waals surface area contributed by atoms with E-state index in [9.17, 15) is 0 Å². The number of benzene rings is 12. The van der Waals surface area contributed by atoms with Gasteiger partial charge in [0.05, 0.1) is 0 Å². The van der Waals surface area contributed by atoms with Crippen LogP contribution in [-0.2, 0) is 0 Å². The first-order valence-electron chi connectivity index (χ1n) is 20.2. The van der Waals surface area contributed by atoms with Gasteiger partial charge in [0.25, 0.3) is 0 Å². The molecule has 268 valence electrons. The van der Waals surface area contributed by atoms with Crippen LogP contribution < -0.4 is 0 Å². The standard InChI is InChI=1S/C58H36/c1-3-17-39-35-41(31-29-37(39)15-1)55-45-21-7-11-25-49(45)57(50-26-12-8-22-46(50)55)53-33-34-54(44-20-6-5-19-43(44)53)58-51-27-13-9-23-47(51)56(48-24-10-14-28-52(48)58)42-32-30-38-16-2-4-18-40(38)36-42/h1-36H. The monoisotopic (exact) mass is 732 g/mol. The van der Waals surface area contributed by atoms with E-state index in [1.807, 2.05) is 0 Å². The third kappa shape index (κ3) is 4.95. The van der Waals surface area contributed by atoms with Crippen LogP contribution >= 0.6 is 0 Å². The van der Waals surface area contributed by atoms with Gasteiger partial charge in [0.2, 0.25) is 0 Å². The second-order valence-electron chi connectivity index (χ2n) is 15.5. The van der Waals surface area contributed by atoms with Crippen molar-refractivity contribution in [2.24, 2.45) is 0 Å². The van der Waals surface area contributed by atoms with E-state index < -0.39 is 0 Å². The lowest BCUT2D eigenvalue weighted by Gasteiger charge is -2.21. The lowest BCUT2D eigenvalue weighted by atomic mass is 9.81. The summed E-state index contributed by atoms with van der Waals surface area (Å²) in [6, 6.07) is 80.9. The SMILES string of the molecule is c1ccc2cc(-c3c4ccccc4c(-c4ccc(-c5c6ccccc6c(-c6ccc7ccccc7c6)c6ccccc56)c5ccccc45)c4ccccc34)ccc2c1. The summed E-state index contributed by atoms with van der Waals surface area (Å²) >= 11 is 0.